The van der Waals surface area contributed by atoms with Crippen molar-refractivity contribution < 1.29 is 28.2 Å². The third kappa shape index (κ3) is 6.98. The molecule has 9 heteroatoms. The molecule has 1 aromatic heterocycles. The number of nitrogens with one attached hydrogen (secondary N) is 1. The molecular weight excluding hydrogens is 511 g/mol. The number of aromatic nitrogens is 1. The second-order valence-corrected chi connectivity index (χ2v) is 9.02. The van der Waals surface area contributed by atoms with Crippen molar-refractivity contribution in [2.45, 2.75) is 32.7 Å². The van der Waals surface area contributed by atoms with Crippen LogP contribution in [0.5, 0.6) is 5.75 Å². The van der Waals surface area contributed by atoms with Crippen molar-refractivity contribution in [1.82, 2.24) is 10.3 Å². The van der Waals surface area contributed by atoms with E-state index in [1.807, 2.05) is 37.3 Å². The molecule has 0 unspecified atom stereocenters. The second kappa shape index (κ2) is 12.4. The number of rotatable bonds is 11. The summed E-state index contributed by atoms with van der Waals surface area (Å²) in [5.41, 5.74) is 3.31. The lowest BCUT2D eigenvalue weighted by molar-refractivity contribution is -0.136. The maximum Gasteiger partial charge on any atom is 0.303 e. The van der Waals surface area contributed by atoms with Gasteiger partial charge in [-0.2, -0.15) is 0 Å². The van der Waals surface area contributed by atoms with Crippen LogP contribution < -0.4 is 10.1 Å². The van der Waals surface area contributed by atoms with Gasteiger partial charge in [-0.05, 0) is 66.9 Å². The summed E-state index contributed by atoms with van der Waals surface area (Å²) in [5, 5.41) is 11.9. The average Bonchev–Trinajstić information content (AvgIpc) is 3.27. The van der Waals surface area contributed by atoms with Crippen LogP contribution in [0.15, 0.2) is 71.1 Å². The summed E-state index contributed by atoms with van der Waals surface area (Å²) in [5.74, 6) is -0.0842. The Hall–Kier alpha value is -4.17. The first kappa shape index (κ1) is 26.9. The van der Waals surface area contributed by atoms with E-state index < -0.39 is 17.7 Å². The highest BCUT2D eigenvalue weighted by Crippen LogP contribution is 2.24. The molecule has 0 aliphatic rings. The Bertz CT molecular complexity index is 1440. The molecule has 0 radical (unpaired) electrons. The Labute approximate surface area is 224 Å². The number of nitrogens with zero attached hydrogens (tertiary/aromatic N) is 1. The Balaban J connectivity index is 1.43. The van der Waals surface area contributed by atoms with Gasteiger partial charge in [0.2, 0.25) is 5.89 Å². The fourth-order valence-electron chi connectivity index (χ4n) is 3.92. The number of oxazole rings is 1. The molecule has 0 aliphatic carbocycles. The number of carbonyl (C=O) groups is 2. The number of aryl methyl sites for hydroxylation is 2. The van der Waals surface area contributed by atoms with E-state index in [9.17, 15) is 14.0 Å². The van der Waals surface area contributed by atoms with Gasteiger partial charge in [0.1, 0.15) is 17.3 Å². The molecule has 7 nitrogen and oxygen atoms in total. The van der Waals surface area contributed by atoms with E-state index in [0.717, 1.165) is 34.7 Å². The summed E-state index contributed by atoms with van der Waals surface area (Å²) in [4.78, 5) is 28.3. The van der Waals surface area contributed by atoms with Gasteiger partial charge in [-0.3, -0.25) is 9.59 Å². The lowest BCUT2D eigenvalue weighted by Crippen LogP contribution is -2.24. The van der Waals surface area contributed by atoms with Gasteiger partial charge in [0.25, 0.3) is 5.91 Å². The van der Waals surface area contributed by atoms with E-state index in [1.165, 1.54) is 6.07 Å². The summed E-state index contributed by atoms with van der Waals surface area (Å²) < 4.78 is 25.1. The maximum atomic E-state index is 13.3. The molecule has 0 saturated heterocycles. The SMILES string of the molecule is Cc1oc(-c2ccccc2)nc1CCOc1ccc(CCC(=O)O)c(CNC(=O)c2ccc(F)cc2Cl)c1. The van der Waals surface area contributed by atoms with Crippen molar-refractivity contribution in [3.63, 3.8) is 0 Å². The van der Waals surface area contributed by atoms with Crippen LogP contribution in [0.4, 0.5) is 4.39 Å². The number of amides is 1. The largest absolute Gasteiger partial charge is 0.493 e. The molecule has 0 spiro atoms. The van der Waals surface area contributed by atoms with Crippen LogP contribution in [0.25, 0.3) is 11.5 Å². The molecule has 3 aromatic carbocycles. The second-order valence-electron chi connectivity index (χ2n) is 8.62. The van der Waals surface area contributed by atoms with Crippen LogP contribution in [0, 0.1) is 12.7 Å². The minimum atomic E-state index is -0.920. The van der Waals surface area contributed by atoms with Gasteiger partial charge < -0.3 is 19.6 Å². The minimum absolute atomic E-state index is 0.00394. The first-order valence-electron chi connectivity index (χ1n) is 12.0. The molecule has 196 valence electrons. The molecular formula is C29H26ClFN2O5. The summed E-state index contributed by atoms with van der Waals surface area (Å²) in [6.45, 7) is 2.31. The molecule has 4 aromatic rings. The monoisotopic (exact) mass is 536 g/mol. The molecule has 1 amide bonds. The van der Waals surface area contributed by atoms with Crippen molar-refractivity contribution in [2.24, 2.45) is 0 Å². The number of carboxylic acids is 1. The van der Waals surface area contributed by atoms with Crippen molar-refractivity contribution in [2.75, 3.05) is 6.61 Å². The topological polar surface area (TPSA) is 102 Å². The Kier molecular flexibility index (Phi) is 8.76. The predicted molar refractivity (Wildman–Crippen MR) is 141 cm³/mol. The van der Waals surface area contributed by atoms with E-state index in [2.05, 4.69) is 10.3 Å². The van der Waals surface area contributed by atoms with Gasteiger partial charge in [-0.15, -0.1) is 0 Å². The molecule has 0 bridgehead atoms. The van der Waals surface area contributed by atoms with E-state index in [1.54, 1.807) is 18.2 Å². The van der Waals surface area contributed by atoms with Crippen molar-refractivity contribution in [3.8, 4) is 17.2 Å². The van der Waals surface area contributed by atoms with Gasteiger partial charge in [-0.25, -0.2) is 9.37 Å². The zero-order valence-corrected chi connectivity index (χ0v) is 21.4. The number of hydrogen-bond donors (Lipinski definition) is 2. The lowest BCUT2D eigenvalue weighted by Gasteiger charge is -2.14. The summed E-state index contributed by atoms with van der Waals surface area (Å²) in [6.07, 6.45) is 0.761. The van der Waals surface area contributed by atoms with Gasteiger partial charge in [0, 0.05) is 24.9 Å². The number of benzene rings is 3. The number of ether oxygens (including phenoxy) is 1. The van der Waals surface area contributed by atoms with Crippen LogP contribution in [0.2, 0.25) is 5.02 Å². The Morgan fingerprint density at radius 1 is 1.05 bits per heavy atom. The summed E-state index contributed by atoms with van der Waals surface area (Å²) >= 11 is 6.00. The smallest absolute Gasteiger partial charge is 0.303 e. The number of carboxylic acid groups (broad SMARTS) is 1. The first-order valence-corrected chi connectivity index (χ1v) is 12.4. The highest BCUT2D eigenvalue weighted by atomic mass is 35.5. The molecule has 0 atom stereocenters. The Morgan fingerprint density at radius 2 is 1.84 bits per heavy atom. The summed E-state index contributed by atoms with van der Waals surface area (Å²) in [6, 6.07) is 18.5. The first-order chi connectivity index (χ1) is 18.3. The van der Waals surface area contributed by atoms with Crippen LogP contribution in [0.1, 0.15) is 39.4 Å². The minimum Gasteiger partial charge on any atom is -0.493 e. The third-order valence-electron chi connectivity index (χ3n) is 5.92. The van der Waals surface area contributed by atoms with Crippen LogP contribution in [0.3, 0.4) is 0 Å². The fourth-order valence-corrected chi connectivity index (χ4v) is 4.17. The lowest BCUT2D eigenvalue weighted by atomic mass is 10.0. The summed E-state index contributed by atoms with van der Waals surface area (Å²) in [7, 11) is 0. The standard InChI is InChI=1S/C29H26ClFN2O5/c1-18-26(33-29(38-18)20-5-3-2-4-6-20)13-14-37-23-10-7-19(8-12-27(34)35)21(15-23)17-32-28(36)24-11-9-22(31)16-25(24)30/h2-7,9-11,15-16H,8,12-14,17H2,1H3,(H,32,36)(H,34,35). The average molecular weight is 537 g/mol. The number of hydrogen-bond acceptors (Lipinski definition) is 5. The van der Waals surface area contributed by atoms with Crippen molar-refractivity contribution >= 4 is 23.5 Å². The predicted octanol–water partition coefficient (Wildman–Crippen LogP) is 6.01. The number of carbonyl (C=O) groups excluding carboxylic acids is 1. The van der Waals surface area contributed by atoms with Crippen molar-refractivity contribution in [1.29, 1.82) is 0 Å². The number of aliphatic carboxylic acids is 1. The van der Waals surface area contributed by atoms with Crippen LogP contribution >= 0.6 is 11.6 Å². The zero-order valence-electron chi connectivity index (χ0n) is 20.7. The molecule has 4 rings (SSSR count). The van der Waals surface area contributed by atoms with Gasteiger partial charge in [0.15, 0.2) is 0 Å². The molecule has 1 heterocycles. The van der Waals surface area contributed by atoms with Crippen LogP contribution in [-0.4, -0.2) is 28.6 Å². The fraction of sp³-hybridized carbons (Fsp3) is 0.207. The van der Waals surface area contributed by atoms with Gasteiger partial charge in [-0.1, -0.05) is 35.9 Å². The van der Waals surface area contributed by atoms with E-state index in [4.69, 9.17) is 25.9 Å². The molecule has 2 N–H and O–H groups in total. The highest BCUT2D eigenvalue weighted by Gasteiger charge is 2.14. The van der Waals surface area contributed by atoms with Gasteiger partial charge in [0.05, 0.1) is 22.9 Å². The molecule has 0 saturated carbocycles. The van der Waals surface area contributed by atoms with E-state index in [0.29, 0.717) is 36.7 Å². The van der Waals surface area contributed by atoms with Crippen molar-refractivity contribution in [3.05, 3.63) is 106 Å². The number of halogens is 2. The zero-order chi connectivity index (χ0) is 27.1. The van der Waals surface area contributed by atoms with E-state index in [-0.39, 0.29) is 23.6 Å². The highest BCUT2D eigenvalue weighted by molar-refractivity contribution is 6.33. The molecule has 0 fully saturated rings. The Morgan fingerprint density at radius 3 is 2.58 bits per heavy atom. The third-order valence-corrected chi connectivity index (χ3v) is 6.23. The van der Waals surface area contributed by atoms with E-state index >= 15 is 0 Å². The quantitative estimate of drug-likeness (QED) is 0.243. The van der Waals surface area contributed by atoms with Crippen LogP contribution in [-0.2, 0) is 24.2 Å². The molecule has 38 heavy (non-hydrogen) atoms. The normalized spacial score (nSPS) is 10.8. The maximum absolute atomic E-state index is 13.3. The molecule has 0 aliphatic heterocycles. The van der Waals surface area contributed by atoms with Gasteiger partial charge >= 0.3 is 5.97 Å².